The number of rotatable bonds is 5. The van der Waals surface area contributed by atoms with Crippen LogP contribution in [0.3, 0.4) is 0 Å². The fourth-order valence-corrected chi connectivity index (χ4v) is 2.65. The molecule has 80 valence electrons. The van der Waals surface area contributed by atoms with Crippen molar-refractivity contribution >= 4 is 0 Å². The predicted octanol–water partition coefficient (Wildman–Crippen LogP) is 3.27. The third-order valence-corrected chi connectivity index (χ3v) is 4.11. The fourth-order valence-electron chi connectivity index (χ4n) is 2.65. The van der Waals surface area contributed by atoms with Crippen LogP contribution in [-0.2, 0) is 0 Å². The fraction of sp³-hybridized carbons (Fsp3) is 0.846. The summed E-state index contributed by atoms with van der Waals surface area (Å²) >= 11 is 0. The summed E-state index contributed by atoms with van der Waals surface area (Å²) < 4.78 is 0. The van der Waals surface area contributed by atoms with Gasteiger partial charge in [-0.3, -0.25) is 0 Å². The lowest BCUT2D eigenvalue weighted by Gasteiger charge is -2.21. The topological polar surface area (TPSA) is 12.0 Å². The Morgan fingerprint density at radius 1 is 1.36 bits per heavy atom. The summed E-state index contributed by atoms with van der Waals surface area (Å²) in [5.74, 6) is 0. The second kappa shape index (κ2) is 4.06. The highest BCUT2D eigenvalue weighted by molar-refractivity contribution is 5.19. The van der Waals surface area contributed by atoms with Crippen LogP contribution in [0.1, 0.15) is 51.9 Å². The molecule has 0 amide bonds. The third-order valence-electron chi connectivity index (χ3n) is 4.11. The van der Waals surface area contributed by atoms with E-state index < -0.39 is 0 Å². The monoisotopic (exact) mass is 193 g/mol. The summed E-state index contributed by atoms with van der Waals surface area (Å²) in [6.07, 6.45) is 9.56. The van der Waals surface area contributed by atoms with Crippen LogP contribution in [0.15, 0.2) is 12.2 Å². The zero-order valence-electron chi connectivity index (χ0n) is 9.44. The summed E-state index contributed by atoms with van der Waals surface area (Å²) in [6.45, 7) is 7.65. The Morgan fingerprint density at radius 2 is 2.00 bits per heavy atom. The highest BCUT2D eigenvalue weighted by Gasteiger charge is 2.44. The van der Waals surface area contributed by atoms with Crippen LogP contribution in [0, 0.1) is 5.41 Å². The minimum Gasteiger partial charge on any atom is -0.313 e. The van der Waals surface area contributed by atoms with Crippen molar-refractivity contribution in [2.45, 2.75) is 57.9 Å². The summed E-state index contributed by atoms with van der Waals surface area (Å²) in [5.41, 5.74) is 1.99. The van der Waals surface area contributed by atoms with Crippen molar-refractivity contribution in [2.75, 3.05) is 6.54 Å². The standard InChI is InChI=1S/C13H23N/c1-3-11(2)13(8-9-13)10-14-12-6-4-5-7-12/h12,14H,2-10H2,1H3. The van der Waals surface area contributed by atoms with E-state index in [4.69, 9.17) is 0 Å². The minimum absolute atomic E-state index is 0.511. The van der Waals surface area contributed by atoms with E-state index in [1.165, 1.54) is 50.6 Å². The zero-order valence-corrected chi connectivity index (χ0v) is 9.44. The molecule has 0 aromatic carbocycles. The number of hydrogen-bond donors (Lipinski definition) is 1. The molecule has 1 N–H and O–H groups in total. The molecule has 0 aliphatic heterocycles. The molecule has 0 radical (unpaired) electrons. The Kier molecular flexibility index (Phi) is 2.96. The van der Waals surface area contributed by atoms with Gasteiger partial charge in [0.05, 0.1) is 0 Å². The molecule has 2 rings (SSSR count). The Bertz CT molecular complexity index is 209. The van der Waals surface area contributed by atoms with Crippen LogP contribution in [-0.4, -0.2) is 12.6 Å². The molecule has 1 nitrogen and oxygen atoms in total. The van der Waals surface area contributed by atoms with Crippen molar-refractivity contribution in [3.05, 3.63) is 12.2 Å². The highest BCUT2D eigenvalue weighted by atomic mass is 14.9. The molecule has 0 atom stereocenters. The minimum atomic E-state index is 0.511. The predicted molar refractivity (Wildman–Crippen MR) is 61.4 cm³/mol. The molecular weight excluding hydrogens is 170 g/mol. The van der Waals surface area contributed by atoms with Crippen molar-refractivity contribution < 1.29 is 0 Å². The summed E-state index contributed by atoms with van der Waals surface area (Å²) in [6, 6.07) is 0.817. The lowest BCUT2D eigenvalue weighted by molar-refractivity contribution is 0.447. The van der Waals surface area contributed by atoms with Crippen LogP contribution >= 0.6 is 0 Å². The van der Waals surface area contributed by atoms with Crippen LogP contribution in [0.4, 0.5) is 0 Å². The quantitative estimate of drug-likeness (QED) is 0.661. The van der Waals surface area contributed by atoms with Crippen molar-refractivity contribution in [1.82, 2.24) is 5.32 Å². The van der Waals surface area contributed by atoms with E-state index in [2.05, 4.69) is 18.8 Å². The molecule has 2 fully saturated rings. The first kappa shape index (κ1) is 10.2. The molecule has 0 unspecified atom stereocenters. The zero-order chi connectivity index (χ0) is 10.0. The van der Waals surface area contributed by atoms with E-state index in [0.717, 1.165) is 12.5 Å². The lowest BCUT2D eigenvalue weighted by Crippen LogP contribution is -2.32. The Hall–Kier alpha value is -0.300. The molecule has 0 bridgehead atoms. The number of nitrogens with one attached hydrogen (secondary N) is 1. The van der Waals surface area contributed by atoms with Gasteiger partial charge in [0, 0.05) is 18.0 Å². The molecule has 1 heteroatoms. The van der Waals surface area contributed by atoms with E-state index >= 15 is 0 Å². The third kappa shape index (κ3) is 2.03. The van der Waals surface area contributed by atoms with Crippen LogP contribution in [0.25, 0.3) is 0 Å². The van der Waals surface area contributed by atoms with Gasteiger partial charge in [-0.15, -0.1) is 0 Å². The van der Waals surface area contributed by atoms with Crippen molar-refractivity contribution in [3.63, 3.8) is 0 Å². The van der Waals surface area contributed by atoms with Gasteiger partial charge in [-0.25, -0.2) is 0 Å². The average molecular weight is 193 g/mol. The van der Waals surface area contributed by atoms with Gasteiger partial charge >= 0.3 is 0 Å². The van der Waals surface area contributed by atoms with Crippen molar-refractivity contribution in [3.8, 4) is 0 Å². The molecular formula is C13H23N. The first-order valence-electron chi connectivity index (χ1n) is 6.18. The van der Waals surface area contributed by atoms with Gasteiger partial charge in [-0.1, -0.05) is 31.9 Å². The molecule has 2 aliphatic rings. The van der Waals surface area contributed by atoms with Crippen molar-refractivity contribution in [2.24, 2.45) is 5.41 Å². The first-order chi connectivity index (χ1) is 6.77. The molecule has 14 heavy (non-hydrogen) atoms. The van der Waals surface area contributed by atoms with Gasteiger partial charge in [-0.2, -0.15) is 0 Å². The van der Waals surface area contributed by atoms with Crippen molar-refractivity contribution in [1.29, 1.82) is 0 Å². The molecule has 0 spiro atoms. The van der Waals surface area contributed by atoms with Crippen LogP contribution in [0.5, 0.6) is 0 Å². The molecule has 0 aromatic heterocycles. The van der Waals surface area contributed by atoms with E-state index in [1.807, 2.05) is 0 Å². The van der Waals surface area contributed by atoms with Gasteiger partial charge in [0.25, 0.3) is 0 Å². The second-order valence-electron chi connectivity index (χ2n) is 5.10. The van der Waals surface area contributed by atoms with Gasteiger partial charge in [0.15, 0.2) is 0 Å². The maximum atomic E-state index is 4.21. The largest absolute Gasteiger partial charge is 0.313 e. The Labute approximate surface area is 88.0 Å². The van der Waals surface area contributed by atoms with E-state index in [9.17, 15) is 0 Å². The summed E-state index contributed by atoms with van der Waals surface area (Å²) in [5, 5.41) is 3.74. The molecule has 0 aromatic rings. The summed E-state index contributed by atoms with van der Waals surface area (Å²) in [4.78, 5) is 0. The van der Waals surface area contributed by atoms with Gasteiger partial charge in [0.2, 0.25) is 0 Å². The van der Waals surface area contributed by atoms with E-state index in [-0.39, 0.29) is 0 Å². The van der Waals surface area contributed by atoms with Gasteiger partial charge in [0.1, 0.15) is 0 Å². The maximum Gasteiger partial charge on any atom is 0.00674 e. The number of hydrogen-bond acceptors (Lipinski definition) is 1. The van der Waals surface area contributed by atoms with Gasteiger partial charge in [-0.05, 0) is 32.1 Å². The lowest BCUT2D eigenvalue weighted by atomic mass is 9.94. The molecule has 2 saturated carbocycles. The molecule has 0 saturated heterocycles. The van der Waals surface area contributed by atoms with E-state index in [1.54, 1.807) is 0 Å². The normalized spacial score (nSPS) is 25.2. The average Bonchev–Trinajstić information content (AvgIpc) is 2.83. The molecule has 0 heterocycles. The first-order valence-corrected chi connectivity index (χ1v) is 6.18. The second-order valence-corrected chi connectivity index (χ2v) is 5.10. The molecule has 2 aliphatic carbocycles. The highest BCUT2D eigenvalue weighted by Crippen LogP contribution is 2.51. The Morgan fingerprint density at radius 3 is 2.50 bits per heavy atom. The van der Waals surface area contributed by atoms with Crippen LogP contribution in [0.2, 0.25) is 0 Å². The van der Waals surface area contributed by atoms with Crippen LogP contribution < -0.4 is 5.32 Å². The van der Waals surface area contributed by atoms with E-state index in [0.29, 0.717) is 5.41 Å². The smallest absolute Gasteiger partial charge is 0.00674 e. The summed E-state index contributed by atoms with van der Waals surface area (Å²) in [7, 11) is 0. The SMILES string of the molecule is C=C(CC)C1(CNC2CCCC2)CC1. The Balaban J connectivity index is 1.76. The van der Waals surface area contributed by atoms with Gasteiger partial charge < -0.3 is 5.32 Å². The maximum absolute atomic E-state index is 4.21.